The fourth-order valence-electron chi connectivity index (χ4n) is 2.30. The van der Waals surface area contributed by atoms with Crippen molar-refractivity contribution < 1.29 is 12.8 Å². The first-order chi connectivity index (χ1) is 11.0. The largest absolute Gasteiger partial charge is 0.380 e. The Balaban J connectivity index is 1.86. The van der Waals surface area contributed by atoms with Crippen LogP contribution in [0.1, 0.15) is 6.42 Å². The average Bonchev–Trinajstić information content (AvgIpc) is 3.15. The number of hydrogen-bond donors (Lipinski definition) is 3. The van der Waals surface area contributed by atoms with E-state index in [2.05, 4.69) is 20.3 Å². The van der Waals surface area contributed by atoms with Crippen LogP contribution in [0.2, 0.25) is 5.02 Å². The molecule has 3 N–H and O–H groups in total. The van der Waals surface area contributed by atoms with E-state index in [1.807, 2.05) is 0 Å². The van der Waals surface area contributed by atoms with Crippen molar-refractivity contribution in [2.24, 2.45) is 0 Å². The highest BCUT2D eigenvalue weighted by molar-refractivity contribution is 7.92. The van der Waals surface area contributed by atoms with Gasteiger partial charge in [0.05, 0.1) is 16.2 Å². The highest BCUT2D eigenvalue weighted by Gasteiger charge is 2.23. The zero-order valence-corrected chi connectivity index (χ0v) is 14.2. The maximum atomic E-state index is 14.3. The molecule has 0 radical (unpaired) electrons. The summed E-state index contributed by atoms with van der Waals surface area (Å²) in [5.74, 6) is -0.727. The van der Waals surface area contributed by atoms with Gasteiger partial charge in [-0.05, 0) is 25.1 Å². The summed E-state index contributed by atoms with van der Waals surface area (Å²) >= 11 is 7.34. The van der Waals surface area contributed by atoms with Gasteiger partial charge < -0.3 is 10.6 Å². The molecule has 1 aliphatic heterocycles. The van der Waals surface area contributed by atoms with Crippen LogP contribution in [0.15, 0.2) is 27.9 Å². The van der Waals surface area contributed by atoms with Crippen LogP contribution in [0.4, 0.5) is 15.9 Å². The van der Waals surface area contributed by atoms with Gasteiger partial charge in [0.15, 0.2) is 5.82 Å². The summed E-state index contributed by atoms with van der Waals surface area (Å²) in [6.07, 6.45) is 0.892. The zero-order chi connectivity index (χ0) is 16.4. The van der Waals surface area contributed by atoms with Crippen molar-refractivity contribution in [2.45, 2.75) is 17.4 Å². The Hall–Kier alpha value is -1.42. The summed E-state index contributed by atoms with van der Waals surface area (Å²) in [4.78, 5) is 3.31. The maximum Gasteiger partial charge on any atom is 0.266 e. The lowest BCUT2D eigenvalue weighted by Crippen LogP contribution is -2.22. The second-order valence-electron chi connectivity index (χ2n) is 5.08. The van der Waals surface area contributed by atoms with Crippen molar-refractivity contribution in [1.82, 2.24) is 10.3 Å². The summed E-state index contributed by atoms with van der Waals surface area (Å²) in [6, 6.07) is 2.36. The number of sulfonamides is 1. The van der Waals surface area contributed by atoms with Gasteiger partial charge in [-0.2, -0.15) is 0 Å². The van der Waals surface area contributed by atoms with Gasteiger partial charge in [-0.15, -0.1) is 11.3 Å². The van der Waals surface area contributed by atoms with E-state index in [1.165, 1.54) is 22.2 Å². The van der Waals surface area contributed by atoms with Crippen LogP contribution in [-0.4, -0.2) is 32.5 Å². The number of nitrogens with one attached hydrogen (secondary N) is 3. The van der Waals surface area contributed by atoms with E-state index in [1.54, 1.807) is 0 Å². The topological polar surface area (TPSA) is 83.1 Å². The Bertz CT molecular complexity index is 793. The van der Waals surface area contributed by atoms with Gasteiger partial charge >= 0.3 is 0 Å². The van der Waals surface area contributed by atoms with E-state index in [9.17, 15) is 12.8 Å². The Morgan fingerprint density at radius 2 is 2.26 bits per heavy atom. The van der Waals surface area contributed by atoms with E-state index in [-0.39, 0.29) is 16.9 Å². The Morgan fingerprint density at radius 3 is 2.91 bits per heavy atom. The van der Waals surface area contributed by atoms with Gasteiger partial charge in [-0.3, -0.25) is 4.72 Å². The first-order valence-electron chi connectivity index (χ1n) is 6.83. The number of halogens is 2. The molecule has 0 unspecified atom stereocenters. The van der Waals surface area contributed by atoms with Gasteiger partial charge in [-0.1, -0.05) is 11.6 Å². The molecule has 0 aliphatic carbocycles. The van der Waals surface area contributed by atoms with Gasteiger partial charge in [0.25, 0.3) is 10.0 Å². The fourth-order valence-corrected chi connectivity index (χ4v) is 4.23. The number of hydrogen-bond acceptors (Lipinski definition) is 6. The first kappa shape index (κ1) is 16.4. The molecular weight excluding hydrogens is 363 g/mol. The number of thiazole rings is 1. The normalized spacial score (nSPS) is 18.1. The van der Waals surface area contributed by atoms with Crippen LogP contribution >= 0.6 is 22.9 Å². The van der Waals surface area contributed by atoms with E-state index in [0.29, 0.717) is 5.69 Å². The van der Waals surface area contributed by atoms with Crippen LogP contribution in [0, 0.1) is 5.82 Å². The van der Waals surface area contributed by atoms with Gasteiger partial charge in [0.1, 0.15) is 10.7 Å². The minimum absolute atomic E-state index is 0.141. The van der Waals surface area contributed by atoms with Crippen molar-refractivity contribution >= 4 is 44.5 Å². The SMILES string of the molecule is O=S(=O)(Nc1cscn1)c1cc(Cl)c(N[C@@H]2CCNC2)cc1F. The molecule has 0 spiro atoms. The second-order valence-corrected chi connectivity index (χ2v) is 7.85. The van der Waals surface area contributed by atoms with Crippen LogP contribution in [0.5, 0.6) is 0 Å². The second kappa shape index (κ2) is 6.60. The predicted molar refractivity (Wildman–Crippen MR) is 89.2 cm³/mol. The molecule has 1 atom stereocenters. The van der Waals surface area contributed by atoms with Crippen molar-refractivity contribution in [3.63, 3.8) is 0 Å². The lowest BCUT2D eigenvalue weighted by atomic mass is 10.2. The van der Waals surface area contributed by atoms with Gasteiger partial charge in [-0.25, -0.2) is 17.8 Å². The lowest BCUT2D eigenvalue weighted by molar-refractivity contribution is 0.570. The molecule has 6 nitrogen and oxygen atoms in total. The van der Waals surface area contributed by atoms with Gasteiger partial charge in [0, 0.05) is 18.0 Å². The Morgan fingerprint density at radius 1 is 1.43 bits per heavy atom. The minimum Gasteiger partial charge on any atom is -0.380 e. The number of aromatic nitrogens is 1. The monoisotopic (exact) mass is 376 g/mol. The summed E-state index contributed by atoms with van der Waals surface area (Å²) < 4.78 is 41.0. The minimum atomic E-state index is -4.09. The quantitative estimate of drug-likeness (QED) is 0.746. The van der Waals surface area contributed by atoms with E-state index < -0.39 is 20.7 Å². The third-order valence-corrected chi connectivity index (χ3v) is 5.67. The summed E-state index contributed by atoms with van der Waals surface area (Å²) in [5, 5.41) is 7.95. The number of anilines is 2. The van der Waals surface area contributed by atoms with Crippen LogP contribution in [0.25, 0.3) is 0 Å². The molecule has 3 rings (SSSR count). The van der Waals surface area contributed by atoms with Crippen molar-refractivity contribution in [3.8, 4) is 0 Å². The van der Waals surface area contributed by atoms with Crippen LogP contribution in [0.3, 0.4) is 0 Å². The molecule has 2 heterocycles. The van der Waals surface area contributed by atoms with E-state index >= 15 is 0 Å². The molecule has 124 valence electrons. The van der Waals surface area contributed by atoms with Crippen molar-refractivity contribution in [2.75, 3.05) is 23.1 Å². The Labute approximate surface area is 142 Å². The summed E-state index contributed by atoms with van der Waals surface area (Å²) in [7, 11) is -4.09. The molecule has 1 saturated heterocycles. The molecule has 23 heavy (non-hydrogen) atoms. The van der Waals surface area contributed by atoms with Crippen molar-refractivity contribution in [1.29, 1.82) is 0 Å². The third-order valence-electron chi connectivity index (χ3n) is 3.40. The highest BCUT2D eigenvalue weighted by atomic mass is 35.5. The standard InChI is InChI=1S/C13H14ClFN4O2S2/c14-9-3-12(23(20,21)19-13-6-22-7-17-13)10(15)4-11(9)18-8-1-2-16-5-8/h3-4,6-8,16,18-19H,1-2,5H2/t8-/m1/s1. The molecule has 1 aromatic carbocycles. The molecule has 2 aromatic rings. The zero-order valence-electron chi connectivity index (χ0n) is 11.8. The lowest BCUT2D eigenvalue weighted by Gasteiger charge is -2.16. The summed E-state index contributed by atoms with van der Waals surface area (Å²) in [6.45, 7) is 1.63. The molecule has 1 aromatic heterocycles. The third kappa shape index (κ3) is 3.74. The number of nitrogens with zero attached hydrogens (tertiary/aromatic N) is 1. The smallest absolute Gasteiger partial charge is 0.266 e. The molecular formula is C13H14ClFN4O2S2. The van der Waals surface area contributed by atoms with E-state index in [0.717, 1.165) is 31.6 Å². The molecule has 0 amide bonds. The molecule has 0 saturated carbocycles. The first-order valence-corrected chi connectivity index (χ1v) is 9.63. The van der Waals surface area contributed by atoms with Crippen LogP contribution in [-0.2, 0) is 10.0 Å². The molecule has 1 fully saturated rings. The number of rotatable bonds is 5. The maximum absolute atomic E-state index is 14.3. The average molecular weight is 377 g/mol. The van der Waals surface area contributed by atoms with E-state index in [4.69, 9.17) is 11.6 Å². The van der Waals surface area contributed by atoms with Crippen molar-refractivity contribution in [3.05, 3.63) is 33.9 Å². The molecule has 1 aliphatic rings. The van der Waals surface area contributed by atoms with Crippen LogP contribution < -0.4 is 15.4 Å². The Kier molecular flexibility index (Phi) is 4.72. The summed E-state index contributed by atoms with van der Waals surface area (Å²) in [5.41, 5.74) is 1.86. The predicted octanol–water partition coefficient (Wildman–Crippen LogP) is 2.51. The molecule has 0 bridgehead atoms. The van der Waals surface area contributed by atoms with Gasteiger partial charge in [0.2, 0.25) is 0 Å². The fraction of sp³-hybridized carbons (Fsp3) is 0.308. The number of benzene rings is 1. The molecule has 10 heteroatoms. The highest BCUT2D eigenvalue weighted by Crippen LogP contribution is 2.30.